The van der Waals surface area contributed by atoms with Crippen LogP contribution in [0, 0.1) is 5.82 Å². The highest BCUT2D eigenvalue weighted by Gasteiger charge is 2.36. The van der Waals surface area contributed by atoms with Gasteiger partial charge in [0.1, 0.15) is 5.82 Å². The zero-order valence-corrected chi connectivity index (χ0v) is 17.0. The summed E-state index contributed by atoms with van der Waals surface area (Å²) in [5, 5.41) is 0. The Morgan fingerprint density at radius 2 is 1.73 bits per heavy atom. The van der Waals surface area contributed by atoms with Gasteiger partial charge in [0, 0.05) is 18.0 Å². The Hall–Kier alpha value is -3.48. The third kappa shape index (κ3) is 4.25. The van der Waals surface area contributed by atoms with E-state index >= 15 is 0 Å². The molecule has 7 heteroatoms. The van der Waals surface area contributed by atoms with Crippen LogP contribution in [0.5, 0.6) is 0 Å². The quantitative estimate of drug-likeness (QED) is 0.704. The standard InChI is InChI=1S/C23H22FNO5/c1-14-21(23(28)30-3)19(17-5-4-6-18(24)11-17)12-20(26)25(14)13-15-7-9-16(10-8-15)22(27)29-2/h4-11,19H,12-13H2,1-3H3/t19-/m0/s1. The lowest BCUT2D eigenvalue weighted by Gasteiger charge is -2.34. The molecule has 2 aromatic rings. The van der Waals surface area contributed by atoms with Crippen LogP contribution in [-0.4, -0.2) is 37.0 Å². The number of hydrogen-bond acceptors (Lipinski definition) is 5. The summed E-state index contributed by atoms with van der Waals surface area (Å²) in [6, 6.07) is 12.6. The molecule has 0 spiro atoms. The molecule has 1 amide bonds. The van der Waals surface area contributed by atoms with Crippen molar-refractivity contribution < 1.29 is 28.2 Å². The molecule has 0 aromatic heterocycles. The Morgan fingerprint density at radius 3 is 2.33 bits per heavy atom. The maximum atomic E-state index is 13.7. The van der Waals surface area contributed by atoms with Crippen LogP contribution >= 0.6 is 0 Å². The van der Waals surface area contributed by atoms with Crippen molar-refractivity contribution in [3.8, 4) is 0 Å². The first-order valence-electron chi connectivity index (χ1n) is 9.37. The second-order valence-electron chi connectivity index (χ2n) is 6.97. The summed E-state index contributed by atoms with van der Waals surface area (Å²) in [4.78, 5) is 38.6. The van der Waals surface area contributed by atoms with Crippen molar-refractivity contribution in [3.63, 3.8) is 0 Å². The first-order chi connectivity index (χ1) is 14.3. The summed E-state index contributed by atoms with van der Waals surface area (Å²) in [5.74, 6) is -2.21. The smallest absolute Gasteiger partial charge is 0.337 e. The van der Waals surface area contributed by atoms with Crippen molar-refractivity contribution in [1.29, 1.82) is 0 Å². The van der Waals surface area contributed by atoms with Crippen molar-refractivity contribution in [2.45, 2.75) is 25.8 Å². The van der Waals surface area contributed by atoms with E-state index in [1.165, 1.54) is 31.3 Å². The van der Waals surface area contributed by atoms with Gasteiger partial charge >= 0.3 is 11.9 Å². The van der Waals surface area contributed by atoms with Crippen LogP contribution in [0.15, 0.2) is 59.8 Å². The number of ether oxygens (including phenoxy) is 2. The molecule has 3 rings (SSSR count). The number of methoxy groups -OCH3 is 2. The number of esters is 2. The van der Waals surface area contributed by atoms with Gasteiger partial charge in [0.25, 0.3) is 0 Å². The fourth-order valence-corrected chi connectivity index (χ4v) is 3.63. The molecule has 0 fully saturated rings. The Labute approximate surface area is 173 Å². The molecule has 156 valence electrons. The Kier molecular flexibility index (Phi) is 6.30. The van der Waals surface area contributed by atoms with Crippen LogP contribution in [0.25, 0.3) is 0 Å². The van der Waals surface area contributed by atoms with Crippen LogP contribution in [0.1, 0.15) is 40.7 Å². The maximum Gasteiger partial charge on any atom is 0.337 e. The van der Waals surface area contributed by atoms with Gasteiger partial charge in [-0.05, 0) is 42.3 Å². The minimum Gasteiger partial charge on any atom is -0.466 e. The van der Waals surface area contributed by atoms with E-state index in [0.29, 0.717) is 22.4 Å². The Morgan fingerprint density at radius 1 is 1.07 bits per heavy atom. The lowest BCUT2D eigenvalue weighted by atomic mass is 9.83. The zero-order chi connectivity index (χ0) is 21.8. The van der Waals surface area contributed by atoms with E-state index < -0.39 is 23.7 Å². The van der Waals surface area contributed by atoms with Crippen LogP contribution < -0.4 is 0 Å². The fraction of sp³-hybridized carbons (Fsp3) is 0.261. The predicted octanol–water partition coefficient (Wildman–Crippen LogP) is 3.58. The Bertz CT molecular complexity index is 1010. The SMILES string of the molecule is COC(=O)C1=C(C)N(Cc2ccc(C(=O)OC)cc2)C(=O)C[C@H]1c1cccc(F)c1. The van der Waals surface area contributed by atoms with Gasteiger partial charge in [0.2, 0.25) is 5.91 Å². The molecule has 1 aliphatic rings. The van der Waals surface area contributed by atoms with E-state index in [-0.39, 0.29) is 18.9 Å². The number of nitrogens with zero attached hydrogens (tertiary/aromatic N) is 1. The molecule has 0 saturated carbocycles. The van der Waals surface area contributed by atoms with Gasteiger partial charge in [-0.15, -0.1) is 0 Å². The van der Waals surface area contributed by atoms with E-state index in [0.717, 1.165) is 5.56 Å². The molecule has 0 bridgehead atoms. The number of benzene rings is 2. The van der Waals surface area contributed by atoms with Gasteiger partial charge in [-0.1, -0.05) is 24.3 Å². The highest BCUT2D eigenvalue weighted by atomic mass is 19.1. The fourth-order valence-electron chi connectivity index (χ4n) is 3.63. The molecule has 1 aliphatic heterocycles. The van der Waals surface area contributed by atoms with Crippen molar-refractivity contribution in [2.24, 2.45) is 0 Å². The lowest BCUT2D eigenvalue weighted by Crippen LogP contribution is -2.38. The molecular weight excluding hydrogens is 389 g/mol. The molecule has 0 unspecified atom stereocenters. The minimum absolute atomic E-state index is 0.0193. The average Bonchev–Trinajstić information content (AvgIpc) is 2.75. The van der Waals surface area contributed by atoms with Gasteiger partial charge in [0.05, 0.1) is 31.9 Å². The predicted molar refractivity (Wildman–Crippen MR) is 107 cm³/mol. The van der Waals surface area contributed by atoms with Crippen LogP contribution in [-0.2, 0) is 25.6 Å². The van der Waals surface area contributed by atoms with Crippen molar-refractivity contribution in [1.82, 2.24) is 4.90 Å². The number of carbonyl (C=O) groups excluding carboxylic acids is 3. The van der Waals surface area contributed by atoms with Crippen molar-refractivity contribution >= 4 is 17.8 Å². The normalized spacial score (nSPS) is 16.5. The van der Waals surface area contributed by atoms with E-state index in [1.807, 2.05) is 0 Å². The third-order valence-electron chi connectivity index (χ3n) is 5.19. The first-order valence-corrected chi connectivity index (χ1v) is 9.37. The van der Waals surface area contributed by atoms with Gasteiger partial charge < -0.3 is 14.4 Å². The minimum atomic E-state index is -0.585. The van der Waals surface area contributed by atoms with E-state index in [1.54, 1.807) is 43.3 Å². The van der Waals surface area contributed by atoms with Gasteiger partial charge in [0.15, 0.2) is 0 Å². The molecule has 1 heterocycles. The van der Waals surface area contributed by atoms with Crippen molar-refractivity contribution in [2.75, 3.05) is 14.2 Å². The Balaban J connectivity index is 1.96. The number of rotatable bonds is 5. The highest BCUT2D eigenvalue weighted by Crippen LogP contribution is 2.37. The monoisotopic (exact) mass is 411 g/mol. The topological polar surface area (TPSA) is 72.9 Å². The molecule has 6 nitrogen and oxygen atoms in total. The first kappa shape index (κ1) is 21.2. The molecule has 2 aromatic carbocycles. The maximum absolute atomic E-state index is 13.7. The van der Waals surface area contributed by atoms with Crippen LogP contribution in [0.4, 0.5) is 4.39 Å². The third-order valence-corrected chi connectivity index (χ3v) is 5.19. The van der Waals surface area contributed by atoms with Crippen LogP contribution in [0.3, 0.4) is 0 Å². The van der Waals surface area contributed by atoms with E-state index in [9.17, 15) is 18.8 Å². The van der Waals surface area contributed by atoms with E-state index in [4.69, 9.17) is 4.74 Å². The summed E-state index contributed by atoms with van der Waals surface area (Å²) in [7, 11) is 2.58. The number of hydrogen-bond donors (Lipinski definition) is 0. The number of amides is 1. The zero-order valence-electron chi connectivity index (χ0n) is 17.0. The highest BCUT2D eigenvalue weighted by molar-refractivity contribution is 5.95. The molecule has 0 N–H and O–H groups in total. The molecular formula is C23H22FNO5. The molecule has 30 heavy (non-hydrogen) atoms. The number of halogens is 1. The molecule has 0 saturated heterocycles. The largest absolute Gasteiger partial charge is 0.466 e. The summed E-state index contributed by atoms with van der Waals surface area (Å²) in [6.07, 6.45) is 0.0193. The summed E-state index contributed by atoms with van der Waals surface area (Å²) >= 11 is 0. The van der Waals surface area contributed by atoms with E-state index in [2.05, 4.69) is 4.74 Å². The summed E-state index contributed by atoms with van der Waals surface area (Å²) < 4.78 is 23.4. The van der Waals surface area contributed by atoms with Gasteiger partial charge in [-0.3, -0.25) is 4.79 Å². The van der Waals surface area contributed by atoms with Gasteiger partial charge in [-0.25, -0.2) is 14.0 Å². The van der Waals surface area contributed by atoms with Gasteiger partial charge in [-0.2, -0.15) is 0 Å². The number of carbonyl (C=O) groups is 3. The van der Waals surface area contributed by atoms with Crippen LogP contribution in [0.2, 0.25) is 0 Å². The lowest BCUT2D eigenvalue weighted by molar-refractivity contribution is -0.138. The molecule has 0 radical (unpaired) electrons. The average molecular weight is 411 g/mol. The molecule has 0 aliphatic carbocycles. The second-order valence-corrected chi connectivity index (χ2v) is 6.97. The summed E-state index contributed by atoms with van der Waals surface area (Å²) in [5.41, 5.74) is 2.52. The van der Waals surface area contributed by atoms with Crippen molar-refractivity contribution in [3.05, 3.63) is 82.3 Å². The number of allylic oxidation sites excluding steroid dienone is 1. The molecule has 1 atom stereocenters. The second kappa shape index (κ2) is 8.90. The summed E-state index contributed by atoms with van der Waals surface area (Å²) in [6.45, 7) is 1.90.